The lowest BCUT2D eigenvalue weighted by atomic mass is 10.3. The van der Waals surface area contributed by atoms with Crippen LogP contribution in [0.1, 0.15) is 12.7 Å². The summed E-state index contributed by atoms with van der Waals surface area (Å²) in [5.74, 6) is -0.516. The van der Waals surface area contributed by atoms with Gasteiger partial charge in [-0.1, -0.05) is 6.92 Å². The van der Waals surface area contributed by atoms with Crippen LogP contribution in [0.4, 0.5) is 14.6 Å². The van der Waals surface area contributed by atoms with Gasteiger partial charge in [0.05, 0.1) is 0 Å². The second kappa shape index (κ2) is 4.95. The number of rotatable bonds is 3. The molecule has 18 heavy (non-hydrogen) atoms. The van der Waals surface area contributed by atoms with Crippen molar-refractivity contribution < 1.29 is 13.5 Å². The Bertz CT molecular complexity index is 555. The van der Waals surface area contributed by atoms with Gasteiger partial charge in [0.25, 0.3) is 0 Å². The first kappa shape index (κ1) is 12.2. The second-order valence-electron chi connectivity index (χ2n) is 3.61. The summed E-state index contributed by atoms with van der Waals surface area (Å²) in [6.07, 6.45) is 0.582. The van der Waals surface area contributed by atoms with Crippen molar-refractivity contribution in [2.45, 2.75) is 13.3 Å². The first-order valence-electron chi connectivity index (χ1n) is 5.34. The fourth-order valence-corrected chi connectivity index (χ4v) is 1.41. The van der Waals surface area contributed by atoms with Gasteiger partial charge in [-0.15, -0.1) is 0 Å². The number of ether oxygens (including phenoxy) is 1. The van der Waals surface area contributed by atoms with Gasteiger partial charge in [-0.2, -0.15) is 4.98 Å². The van der Waals surface area contributed by atoms with Gasteiger partial charge < -0.3 is 10.5 Å². The van der Waals surface area contributed by atoms with Crippen molar-refractivity contribution in [1.29, 1.82) is 0 Å². The van der Waals surface area contributed by atoms with Crippen LogP contribution in [0, 0.1) is 11.6 Å². The zero-order valence-corrected chi connectivity index (χ0v) is 9.65. The van der Waals surface area contributed by atoms with Crippen molar-refractivity contribution in [2.75, 3.05) is 5.73 Å². The highest BCUT2D eigenvalue weighted by Gasteiger charge is 2.06. The van der Waals surface area contributed by atoms with E-state index in [9.17, 15) is 8.78 Å². The van der Waals surface area contributed by atoms with Crippen LogP contribution >= 0.6 is 0 Å². The van der Waals surface area contributed by atoms with E-state index in [-0.39, 0.29) is 17.4 Å². The number of hydrogen-bond acceptors (Lipinski definition) is 4. The predicted molar refractivity (Wildman–Crippen MR) is 62.3 cm³/mol. The molecule has 0 aliphatic heterocycles. The van der Waals surface area contributed by atoms with E-state index in [1.165, 1.54) is 6.07 Å². The van der Waals surface area contributed by atoms with Crippen LogP contribution < -0.4 is 10.5 Å². The lowest BCUT2D eigenvalue weighted by molar-refractivity contribution is 0.448. The third kappa shape index (κ3) is 2.91. The lowest BCUT2D eigenvalue weighted by Crippen LogP contribution is -2.00. The minimum atomic E-state index is -0.720. The Morgan fingerprint density at radius 3 is 2.39 bits per heavy atom. The highest BCUT2D eigenvalue weighted by atomic mass is 19.1. The van der Waals surface area contributed by atoms with E-state index in [1.807, 2.05) is 6.92 Å². The first-order chi connectivity index (χ1) is 8.56. The molecule has 0 fully saturated rings. The van der Waals surface area contributed by atoms with Crippen LogP contribution in [0.5, 0.6) is 11.6 Å². The molecule has 1 aromatic heterocycles. The molecule has 0 saturated heterocycles. The van der Waals surface area contributed by atoms with Crippen molar-refractivity contribution in [3.05, 3.63) is 41.7 Å². The molecule has 0 unspecified atom stereocenters. The molecule has 0 aliphatic carbocycles. The largest absolute Gasteiger partial charge is 0.439 e. The number of nitrogen functional groups attached to an aromatic ring is 1. The first-order valence-corrected chi connectivity index (χ1v) is 5.34. The highest BCUT2D eigenvalue weighted by molar-refractivity contribution is 5.36. The Hall–Kier alpha value is -2.24. The molecule has 0 bridgehead atoms. The van der Waals surface area contributed by atoms with Crippen LogP contribution in [-0.2, 0) is 6.42 Å². The maximum Gasteiger partial charge on any atom is 0.224 e. The number of benzene rings is 1. The van der Waals surface area contributed by atoms with Gasteiger partial charge in [0.2, 0.25) is 5.88 Å². The lowest BCUT2D eigenvalue weighted by Gasteiger charge is -2.07. The van der Waals surface area contributed by atoms with Crippen molar-refractivity contribution in [3.8, 4) is 11.6 Å². The van der Waals surface area contributed by atoms with Crippen LogP contribution in [0.25, 0.3) is 0 Å². The topological polar surface area (TPSA) is 61.0 Å². The molecule has 0 aliphatic rings. The van der Waals surface area contributed by atoms with E-state index in [0.29, 0.717) is 12.2 Å². The van der Waals surface area contributed by atoms with Gasteiger partial charge in [-0.05, 0) is 0 Å². The molecule has 2 aromatic rings. The van der Waals surface area contributed by atoms with E-state index >= 15 is 0 Å². The highest BCUT2D eigenvalue weighted by Crippen LogP contribution is 2.22. The number of nitrogens with zero attached hydrogens (tertiary/aromatic N) is 2. The number of halogens is 2. The van der Waals surface area contributed by atoms with E-state index in [2.05, 4.69) is 9.97 Å². The zero-order chi connectivity index (χ0) is 13.1. The Kier molecular flexibility index (Phi) is 3.36. The molecule has 0 atom stereocenters. The summed E-state index contributed by atoms with van der Waals surface area (Å²) in [6, 6.07) is 4.28. The van der Waals surface area contributed by atoms with Crippen LogP contribution in [-0.4, -0.2) is 9.97 Å². The average molecular weight is 251 g/mol. The van der Waals surface area contributed by atoms with E-state index in [4.69, 9.17) is 10.5 Å². The van der Waals surface area contributed by atoms with Crippen LogP contribution in [0.15, 0.2) is 24.3 Å². The molecule has 1 heterocycles. The van der Waals surface area contributed by atoms with Crippen molar-refractivity contribution >= 4 is 5.82 Å². The molecule has 6 heteroatoms. The van der Waals surface area contributed by atoms with Gasteiger partial charge in [-0.3, -0.25) is 0 Å². The fourth-order valence-electron chi connectivity index (χ4n) is 1.41. The SMILES string of the molecule is CCc1nc(N)cc(Oc2cc(F)cc(F)c2)n1. The van der Waals surface area contributed by atoms with Crippen molar-refractivity contribution in [3.63, 3.8) is 0 Å². The minimum absolute atomic E-state index is 0.0210. The van der Waals surface area contributed by atoms with Gasteiger partial charge in [0.1, 0.15) is 29.0 Å². The molecule has 4 nitrogen and oxygen atoms in total. The molecule has 0 amide bonds. The summed E-state index contributed by atoms with van der Waals surface area (Å²) in [7, 11) is 0. The molecule has 94 valence electrons. The monoisotopic (exact) mass is 251 g/mol. The zero-order valence-electron chi connectivity index (χ0n) is 9.65. The second-order valence-corrected chi connectivity index (χ2v) is 3.61. The maximum atomic E-state index is 13.0. The number of aromatic nitrogens is 2. The van der Waals surface area contributed by atoms with E-state index in [1.54, 1.807) is 0 Å². The van der Waals surface area contributed by atoms with Gasteiger partial charge in [-0.25, -0.2) is 13.8 Å². The normalized spacial score (nSPS) is 10.4. The summed E-state index contributed by atoms with van der Waals surface area (Å²) in [6.45, 7) is 1.86. The fraction of sp³-hybridized carbons (Fsp3) is 0.167. The Balaban J connectivity index is 2.30. The molecule has 0 spiro atoms. The smallest absolute Gasteiger partial charge is 0.224 e. The molecule has 2 rings (SSSR count). The number of nitrogens with two attached hydrogens (primary N) is 1. The summed E-state index contributed by atoms with van der Waals surface area (Å²) in [5.41, 5.74) is 5.57. The standard InChI is InChI=1S/C12H11F2N3O/c1-2-11-16-10(15)6-12(17-11)18-9-4-7(13)3-8(14)5-9/h3-6H,2H2,1H3,(H2,15,16,17). The van der Waals surface area contributed by atoms with Gasteiger partial charge in [0.15, 0.2) is 0 Å². The summed E-state index contributed by atoms with van der Waals surface area (Å²) in [5, 5.41) is 0. The number of aryl methyl sites for hydroxylation is 1. The summed E-state index contributed by atoms with van der Waals surface area (Å²) < 4.78 is 31.2. The summed E-state index contributed by atoms with van der Waals surface area (Å²) >= 11 is 0. The van der Waals surface area contributed by atoms with E-state index < -0.39 is 11.6 Å². The average Bonchev–Trinajstić information content (AvgIpc) is 2.26. The Labute approximate surface area is 102 Å². The van der Waals surface area contributed by atoms with Gasteiger partial charge in [0, 0.05) is 30.7 Å². The molecule has 1 aromatic carbocycles. The quantitative estimate of drug-likeness (QED) is 0.911. The Morgan fingerprint density at radius 2 is 1.78 bits per heavy atom. The summed E-state index contributed by atoms with van der Waals surface area (Å²) in [4.78, 5) is 8.02. The third-order valence-corrected chi connectivity index (χ3v) is 2.14. The molecular weight excluding hydrogens is 240 g/mol. The maximum absolute atomic E-state index is 13.0. The van der Waals surface area contributed by atoms with Crippen molar-refractivity contribution in [1.82, 2.24) is 9.97 Å². The third-order valence-electron chi connectivity index (χ3n) is 2.14. The van der Waals surface area contributed by atoms with Crippen LogP contribution in [0.3, 0.4) is 0 Å². The van der Waals surface area contributed by atoms with Gasteiger partial charge >= 0.3 is 0 Å². The Morgan fingerprint density at radius 1 is 1.11 bits per heavy atom. The molecule has 0 radical (unpaired) electrons. The van der Waals surface area contributed by atoms with Crippen molar-refractivity contribution in [2.24, 2.45) is 0 Å². The molecular formula is C12H11F2N3O. The minimum Gasteiger partial charge on any atom is -0.439 e. The van der Waals surface area contributed by atoms with E-state index in [0.717, 1.165) is 18.2 Å². The number of hydrogen-bond donors (Lipinski definition) is 1. The number of anilines is 1. The predicted octanol–water partition coefficient (Wildman–Crippen LogP) is 2.69. The van der Waals surface area contributed by atoms with Crippen LogP contribution in [0.2, 0.25) is 0 Å². The molecule has 0 saturated carbocycles. The molecule has 2 N–H and O–H groups in total.